The Hall–Kier alpha value is -4.66. The molecule has 210 valence electrons. The predicted molar refractivity (Wildman–Crippen MR) is 151 cm³/mol. The second-order valence-corrected chi connectivity index (χ2v) is 9.22. The number of carbonyl (C=O) groups is 4. The summed E-state index contributed by atoms with van der Waals surface area (Å²) in [7, 11) is 0. The minimum absolute atomic E-state index is 0.0431. The lowest BCUT2D eigenvalue weighted by atomic mass is 10.1. The van der Waals surface area contributed by atoms with Crippen molar-refractivity contribution < 1.29 is 28.8 Å². The average Bonchev–Trinajstić information content (AvgIpc) is 2.98. The van der Waals surface area contributed by atoms with Crippen molar-refractivity contribution in [3.05, 3.63) is 102 Å². The van der Waals surface area contributed by atoms with Crippen molar-refractivity contribution in [3.8, 4) is 0 Å². The molecule has 0 aliphatic carbocycles. The van der Waals surface area contributed by atoms with E-state index in [0.717, 1.165) is 29.7 Å². The smallest absolute Gasteiger partial charge is 0.408 e. The first kappa shape index (κ1) is 29.9. The van der Waals surface area contributed by atoms with Gasteiger partial charge in [0.2, 0.25) is 5.91 Å². The zero-order chi connectivity index (χ0) is 28.4. The first-order chi connectivity index (χ1) is 19.5. The molecule has 0 heterocycles. The molecule has 0 bridgehead atoms. The van der Waals surface area contributed by atoms with Gasteiger partial charge in [-0.15, -0.1) is 0 Å². The molecule has 0 radical (unpaired) electrons. The number of carbonyl (C=O) groups excluding carboxylic acids is 4. The summed E-state index contributed by atoms with van der Waals surface area (Å²) in [5.41, 5.74) is 4.55. The number of nitrogens with one attached hydrogen (secondary N) is 3. The van der Waals surface area contributed by atoms with Gasteiger partial charge in [0.1, 0.15) is 12.6 Å². The molecule has 3 rings (SSSR count). The van der Waals surface area contributed by atoms with Gasteiger partial charge in [-0.1, -0.05) is 91.7 Å². The Balaban J connectivity index is 1.35. The molecule has 3 aromatic carbocycles. The van der Waals surface area contributed by atoms with Crippen LogP contribution in [0.5, 0.6) is 0 Å². The van der Waals surface area contributed by atoms with E-state index < -0.39 is 24.0 Å². The fourth-order valence-corrected chi connectivity index (χ4v) is 3.85. The van der Waals surface area contributed by atoms with Gasteiger partial charge in [-0.25, -0.2) is 9.59 Å². The molecule has 0 aromatic heterocycles. The van der Waals surface area contributed by atoms with Crippen molar-refractivity contribution in [1.82, 2.24) is 10.8 Å². The van der Waals surface area contributed by atoms with Gasteiger partial charge in [-0.2, -0.15) is 5.48 Å². The third-order valence-corrected chi connectivity index (χ3v) is 5.95. The first-order valence-electron chi connectivity index (χ1n) is 13.3. The van der Waals surface area contributed by atoms with Crippen LogP contribution in [0.2, 0.25) is 0 Å². The zero-order valence-electron chi connectivity index (χ0n) is 22.3. The third kappa shape index (κ3) is 11.8. The number of alkyl carbamates (subject to hydrolysis) is 1. The van der Waals surface area contributed by atoms with Crippen LogP contribution in [-0.4, -0.2) is 29.9 Å². The van der Waals surface area contributed by atoms with E-state index in [1.165, 1.54) is 0 Å². The molecule has 40 heavy (non-hydrogen) atoms. The summed E-state index contributed by atoms with van der Waals surface area (Å²) in [6, 6.07) is 26.5. The molecule has 0 aliphatic heterocycles. The van der Waals surface area contributed by atoms with Crippen LogP contribution in [0.1, 0.15) is 49.7 Å². The quantitative estimate of drug-likeness (QED) is 0.192. The SMILES string of the molecule is O=C(CCCCCCC(=O)Nc1ccccc1)NOC(=O)[C@H](Cc1ccccc1)NC(=O)OCc1ccccc1. The van der Waals surface area contributed by atoms with Gasteiger partial charge in [0, 0.05) is 24.9 Å². The number of hydrogen-bond acceptors (Lipinski definition) is 6. The monoisotopic (exact) mass is 545 g/mol. The normalized spacial score (nSPS) is 11.1. The van der Waals surface area contributed by atoms with E-state index in [1.807, 2.05) is 91.0 Å². The maximum absolute atomic E-state index is 12.7. The molecule has 3 amide bonds. The fraction of sp³-hybridized carbons (Fsp3) is 0.290. The highest BCUT2D eigenvalue weighted by Gasteiger charge is 2.25. The van der Waals surface area contributed by atoms with Crippen molar-refractivity contribution in [2.24, 2.45) is 0 Å². The molecule has 0 aliphatic rings. The summed E-state index contributed by atoms with van der Waals surface area (Å²) < 4.78 is 5.23. The average molecular weight is 546 g/mol. The van der Waals surface area contributed by atoms with Gasteiger partial charge in [0.05, 0.1) is 0 Å². The Bertz CT molecular complexity index is 1210. The molecule has 0 fully saturated rings. The summed E-state index contributed by atoms with van der Waals surface area (Å²) in [4.78, 5) is 54.3. The van der Waals surface area contributed by atoms with Gasteiger partial charge < -0.3 is 20.2 Å². The minimum Gasteiger partial charge on any atom is -0.445 e. The summed E-state index contributed by atoms with van der Waals surface area (Å²) in [6.45, 7) is 0.0498. The number of hydrogen-bond donors (Lipinski definition) is 3. The number of ether oxygens (including phenoxy) is 1. The van der Waals surface area contributed by atoms with Crippen LogP contribution < -0.4 is 16.1 Å². The van der Waals surface area contributed by atoms with Crippen molar-refractivity contribution in [3.63, 3.8) is 0 Å². The van der Waals surface area contributed by atoms with Crippen molar-refractivity contribution in [1.29, 1.82) is 0 Å². The van der Waals surface area contributed by atoms with Crippen molar-refractivity contribution in [2.45, 2.75) is 57.6 Å². The number of benzene rings is 3. The molecule has 3 aromatic rings. The van der Waals surface area contributed by atoms with Crippen LogP contribution in [0, 0.1) is 0 Å². The molecule has 3 N–H and O–H groups in total. The molecule has 1 atom stereocenters. The van der Waals surface area contributed by atoms with Crippen LogP contribution in [0.25, 0.3) is 0 Å². The standard InChI is InChI=1S/C31H35N3O6/c35-28(32-26-18-10-5-11-19-26)20-12-1-2-13-21-29(36)34-40-30(37)27(22-24-14-6-3-7-15-24)33-31(38)39-23-25-16-8-4-9-17-25/h3-11,14-19,27H,1-2,12-13,20-23H2,(H,32,35)(H,33,38)(H,34,36)/t27-/m0/s1. The van der Waals surface area contributed by atoms with Crippen molar-refractivity contribution in [2.75, 3.05) is 5.32 Å². The van der Waals surface area contributed by atoms with E-state index in [0.29, 0.717) is 19.3 Å². The van der Waals surface area contributed by atoms with E-state index in [2.05, 4.69) is 16.1 Å². The molecule has 0 unspecified atom stereocenters. The number of unbranched alkanes of at least 4 members (excludes halogenated alkanes) is 3. The van der Waals surface area contributed by atoms with Crippen LogP contribution in [-0.2, 0) is 37.0 Å². The lowest BCUT2D eigenvalue weighted by molar-refractivity contribution is -0.160. The number of anilines is 1. The van der Waals surface area contributed by atoms with Gasteiger partial charge >= 0.3 is 12.1 Å². The van der Waals surface area contributed by atoms with E-state index in [1.54, 1.807) is 0 Å². The molecule has 0 saturated carbocycles. The summed E-state index contributed by atoms with van der Waals surface area (Å²) in [5, 5.41) is 5.37. The van der Waals surface area contributed by atoms with Crippen LogP contribution >= 0.6 is 0 Å². The van der Waals surface area contributed by atoms with E-state index in [9.17, 15) is 19.2 Å². The molecule has 0 saturated heterocycles. The predicted octanol–water partition coefficient (Wildman–Crippen LogP) is 5.08. The van der Waals surface area contributed by atoms with E-state index >= 15 is 0 Å². The highest BCUT2D eigenvalue weighted by molar-refractivity contribution is 5.90. The van der Waals surface area contributed by atoms with Crippen LogP contribution in [0.3, 0.4) is 0 Å². The topological polar surface area (TPSA) is 123 Å². The Labute approximate surface area is 234 Å². The van der Waals surface area contributed by atoms with Gasteiger partial charge in [0.25, 0.3) is 5.91 Å². The van der Waals surface area contributed by atoms with E-state index in [4.69, 9.17) is 9.57 Å². The first-order valence-corrected chi connectivity index (χ1v) is 13.3. The Kier molecular flexibility index (Phi) is 12.7. The molecule has 9 heteroatoms. The number of hydroxylamine groups is 1. The lowest BCUT2D eigenvalue weighted by Crippen LogP contribution is -2.45. The van der Waals surface area contributed by atoms with Gasteiger partial charge in [-0.3, -0.25) is 9.59 Å². The summed E-state index contributed by atoms with van der Waals surface area (Å²) in [5.74, 6) is -1.29. The maximum Gasteiger partial charge on any atom is 0.408 e. The molecule has 9 nitrogen and oxygen atoms in total. The Morgan fingerprint density at radius 1 is 0.650 bits per heavy atom. The summed E-state index contributed by atoms with van der Waals surface area (Å²) in [6.07, 6.45) is 2.80. The Morgan fingerprint density at radius 2 is 1.20 bits per heavy atom. The number of amides is 3. The summed E-state index contributed by atoms with van der Waals surface area (Å²) >= 11 is 0. The lowest BCUT2D eigenvalue weighted by Gasteiger charge is -2.17. The van der Waals surface area contributed by atoms with Gasteiger partial charge in [-0.05, 0) is 36.1 Å². The second kappa shape index (κ2) is 17.0. The fourth-order valence-electron chi connectivity index (χ4n) is 3.85. The highest BCUT2D eigenvalue weighted by atomic mass is 16.7. The Morgan fingerprint density at radius 3 is 1.82 bits per heavy atom. The highest BCUT2D eigenvalue weighted by Crippen LogP contribution is 2.10. The maximum atomic E-state index is 12.7. The number of rotatable bonds is 14. The van der Waals surface area contributed by atoms with Crippen molar-refractivity contribution >= 4 is 29.6 Å². The minimum atomic E-state index is -1.06. The molecular formula is C31H35N3O6. The largest absolute Gasteiger partial charge is 0.445 e. The second-order valence-electron chi connectivity index (χ2n) is 9.22. The molecule has 0 spiro atoms. The molecular weight excluding hydrogens is 510 g/mol. The zero-order valence-corrected chi connectivity index (χ0v) is 22.3. The number of para-hydroxylation sites is 1. The van der Waals surface area contributed by atoms with Crippen LogP contribution in [0.4, 0.5) is 10.5 Å². The third-order valence-electron chi connectivity index (χ3n) is 5.95. The van der Waals surface area contributed by atoms with Gasteiger partial charge in [0.15, 0.2) is 0 Å². The van der Waals surface area contributed by atoms with Crippen LogP contribution in [0.15, 0.2) is 91.0 Å². The van der Waals surface area contributed by atoms with E-state index in [-0.39, 0.29) is 25.4 Å².